The number of allylic oxidation sites excluding steroid dienone is 5. The first-order valence-corrected chi connectivity index (χ1v) is 4.81. The number of hydrogen-bond acceptors (Lipinski definition) is 1. The van der Waals surface area contributed by atoms with E-state index in [0.717, 1.165) is 4.43 Å². The summed E-state index contributed by atoms with van der Waals surface area (Å²) in [7, 11) is 0. The standard InChI is InChI=1S/C9H11IO/c1-3-5-9(8(2)11)6-4-7-10/h3-6H,1,7H2,2H3/b6-4-,9-5+. The molecule has 60 valence electrons. The topological polar surface area (TPSA) is 17.1 Å². The Bertz CT molecular complexity index is 202. The van der Waals surface area contributed by atoms with Gasteiger partial charge in [-0.2, -0.15) is 0 Å². The van der Waals surface area contributed by atoms with Crippen molar-refractivity contribution in [3.8, 4) is 0 Å². The predicted octanol–water partition coefficient (Wildman–Crippen LogP) is 2.68. The summed E-state index contributed by atoms with van der Waals surface area (Å²) >= 11 is 2.22. The predicted molar refractivity (Wildman–Crippen MR) is 57.0 cm³/mol. The number of hydrogen-bond donors (Lipinski definition) is 0. The average Bonchev–Trinajstić information content (AvgIpc) is 1.97. The zero-order valence-electron chi connectivity index (χ0n) is 6.51. The first-order valence-electron chi connectivity index (χ1n) is 3.28. The van der Waals surface area contributed by atoms with Crippen LogP contribution in [-0.4, -0.2) is 10.2 Å². The summed E-state index contributed by atoms with van der Waals surface area (Å²) in [6.45, 7) is 5.08. The van der Waals surface area contributed by atoms with E-state index < -0.39 is 0 Å². The molecular weight excluding hydrogens is 251 g/mol. The fraction of sp³-hybridized carbons (Fsp3) is 0.222. The zero-order valence-corrected chi connectivity index (χ0v) is 8.67. The minimum atomic E-state index is 0.0750. The summed E-state index contributed by atoms with van der Waals surface area (Å²) in [6.07, 6.45) is 7.09. The van der Waals surface area contributed by atoms with Gasteiger partial charge in [0.25, 0.3) is 0 Å². The third-order valence-electron chi connectivity index (χ3n) is 1.09. The van der Waals surface area contributed by atoms with Crippen molar-refractivity contribution in [2.45, 2.75) is 6.92 Å². The van der Waals surface area contributed by atoms with Gasteiger partial charge in [0.05, 0.1) is 0 Å². The molecule has 0 aliphatic heterocycles. The molecule has 0 aliphatic rings. The molecule has 0 spiro atoms. The van der Waals surface area contributed by atoms with Crippen molar-refractivity contribution in [1.82, 2.24) is 0 Å². The van der Waals surface area contributed by atoms with E-state index in [1.54, 1.807) is 19.1 Å². The van der Waals surface area contributed by atoms with E-state index in [2.05, 4.69) is 29.2 Å². The Morgan fingerprint density at radius 2 is 2.27 bits per heavy atom. The Hall–Kier alpha value is -0.380. The van der Waals surface area contributed by atoms with Gasteiger partial charge < -0.3 is 0 Å². The van der Waals surface area contributed by atoms with Crippen molar-refractivity contribution in [1.29, 1.82) is 0 Å². The van der Waals surface area contributed by atoms with E-state index in [-0.39, 0.29) is 5.78 Å². The van der Waals surface area contributed by atoms with E-state index in [0.29, 0.717) is 5.57 Å². The van der Waals surface area contributed by atoms with Gasteiger partial charge in [-0.05, 0) is 6.92 Å². The van der Waals surface area contributed by atoms with Gasteiger partial charge in [-0.25, -0.2) is 0 Å². The molecule has 2 heteroatoms. The molecule has 0 N–H and O–H groups in total. The lowest BCUT2D eigenvalue weighted by atomic mass is 10.1. The maximum atomic E-state index is 10.9. The van der Waals surface area contributed by atoms with Gasteiger partial charge in [0.1, 0.15) is 0 Å². The Morgan fingerprint density at radius 3 is 2.64 bits per heavy atom. The van der Waals surface area contributed by atoms with Gasteiger partial charge >= 0.3 is 0 Å². The number of alkyl halides is 1. The average molecular weight is 262 g/mol. The second-order valence-electron chi connectivity index (χ2n) is 1.97. The molecule has 1 nitrogen and oxygen atoms in total. The molecule has 0 aliphatic carbocycles. The molecule has 0 radical (unpaired) electrons. The van der Waals surface area contributed by atoms with Crippen molar-refractivity contribution in [3.05, 3.63) is 36.5 Å². The first kappa shape index (κ1) is 10.6. The number of ketones is 1. The molecular formula is C9H11IO. The number of carbonyl (C=O) groups excluding carboxylic acids is 1. The van der Waals surface area contributed by atoms with Crippen molar-refractivity contribution in [2.24, 2.45) is 0 Å². The summed E-state index contributed by atoms with van der Waals surface area (Å²) in [5.74, 6) is 0.0750. The quantitative estimate of drug-likeness (QED) is 0.329. The van der Waals surface area contributed by atoms with E-state index in [1.807, 2.05) is 12.2 Å². The molecule has 0 bridgehead atoms. The minimum Gasteiger partial charge on any atom is -0.295 e. The Morgan fingerprint density at radius 1 is 1.64 bits per heavy atom. The number of Topliss-reactive ketones (excluding diaryl/α,β-unsaturated/α-hetero) is 1. The van der Waals surface area contributed by atoms with Gasteiger partial charge in [0.2, 0.25) is 0 Å². The van der Waals surface area contributed by atoms with Crippen LogP contribution in [0.4, 0.5) is 0 Å². The van der Waals surface area contributed by atoms with Crippen LogP contribution in [0.5, 0.6) is 0 Å². The SMILES string of the molecule is C=C/C=C(\C=C/CI)C(C)=O. The van der Waals surface area contributed by atoms with E-state index in [9.17, 15) is 4.79 Å². The van der Waals surface area contributed by atoms with Crippen LogP contribution in [0.25, 0.3) is 0 Å². The summed E-state index contributed by atoms with van der Waals surface area (Å²) in [5, 5.41) is 0. The molecule has 0 heterocycles. The van der Waals surface area contributed by atoms with Crippen molar-refractivity contribution >= 4 is 28.4 Å². The molecule has 0 aromatic heterocycles. The maximum absolute atomic E-state index is 10.9. The largest absolute Gasteiger partial charge is 0.295 e. The lowest BCUT2D eigenvalue weighted by Gasteiger charge is -1.91. The van der Waals surface area contributed by atoms with Crippen LogP contribution >= 0.6 is 22.6 Å². The Kier molecular flexibility index (Phi) is 6.12. The van der Waals surface area contributed by atoms with Crippen LogP contribution in [0.2, 0.25) is 0 Å². The van der Waals surface area contributed by atoms with Crippen LogP contribution < -0.4 is 0 Å². The van der Waals surface area contributed by atoms with Crippen molar-refractivity contribution in [3.63, 3.8) is 0 Å². The van der Waals surface area contributed by atoms with Gasteiger partial charge in [-0.3, -0.25) is 4.79 Å². The monoisotopic (exact) mass is 262 g/mol. The van der Waals surface area contributed by atoms with E-state index in [4.69, 9.17) is 0 Å². The summed E-state index contributed by atoms with van der Waals surface area (Å²) < 4.78 is 0.916. The normalized spacial score (nSPS) is 12.0. The molecule has 0 atom stereocenters. The van der Waals surface area contributed by atoms with Crippen molar-refractivity contribution in [2.75, 3.05) is 4.43 Å². The second kappa shape index (κ2) is 6.34. The third kappa shape index (κ3) is 4.95. The number of halogens is 1. The first-order chi connectivity index (χ1) is 5.22. The van der Waals surface area contributed by atoms with E-state index in [1.165, 1.54) is 0 Å². The smallest absolute Gasteiger partial charge is 0.159 e. The zero-order chi connectivity index (χ0) is 8.69. The van der Waals surface area contributed by atoms with Crippen LogP contribution in [-0.2, 0) is 4.79 Å². The molecule has 0 rings (SSSR count). The minimum absolute atomic E-state index is 0.0750. The second-order valence-corrected chi connectivity index (χ2v) is 2.85. The summed E-state index contributed by atoms with van der Waals surface area (Å²) in [6, 6.07) is 0. The van der Waals surface area contributed by atoms with Gasteiger partial charge in [0, 0.05) is 10.0 Å². The van der Waals surface area contributed by atoms with E-state index >= 15 is 0 Å². The maximum Gasteiger partial charge on any atom is 0.159 e. The lowest BCUT2D eigenvalue weighted by molar-refractivity contribution is -0.113. The molecule has 0 unspecified atom stereocenters. The lowest BCUT2D eigenvalue weighted by Crippen LogP contribution is -1.91. The highest BCUT2D eigenvalue weighted by molar-refractivity contribution is 14.1. The molecule has 0 amide bonds. The molecule has 0 saturated carbocycles. The van der Waals surface area contributed by atoms with Crippen LogP contribution in [0.1, 0.15) is 6.92 Å². The number of rotatable bonds is 4. The highest BCUT2D eigenvalue weighted by atomic mass is 127. The Balaban J connectivity index is 4.35. The van der Waals surface area contributed by atoms with Crippen molar-refractivity contribution < 1.29 is 4.79 Å². The van der Waals surface area contributed by atoms with Gasteiger partial charge in [-0.15, -0.1) is 0 Å². The molecule has 11 heavy (non-hydrogen) atoms. The highest BCUT2D eigenvalue weighted by Gasteiger charge is 1.95. The summed E-state index contributed by atoms with van der Waals surface area (Å²) in [5.41, 5.74) is 0.705. The third-order valence-corrected chi connectivity index (χ3v) is 1.60. The van der Waals surface area contributed by atoms with Gasteiger partial charge in [0.15, 0.2) is 5.78 Å². The summed E-state index contributed by atoms with van der Waals surface area (Å²) in [4.78, 5) is 10.9. The van der Waals surface area contributed by atoms with Crippen LogP contribution in [0.3, 0.4) is 0 Å². The highest BCUT2D eigenvalue weighted by Crippen LogP contribution is 1.99. The molecule has 0 aromatic rings. The van der Waals surface area contributed by atoms with Crippen LogP contribution in [0.15, 0.2) is 36.5 Å². The molecule has 0 aromatic carbocycles. The van der Waals surface area contributed by atoms with Gasteiger partial charge in [-0.1, -0.05) is 53.5 Å². The fourth-order valence-corrected chi connectivity index (χ4v) is 0.843. The number of carbonyl (C=O) groups is 1. The van der Waals surface area contributed by atoms with Crippen LogP contribution in [0, 0.1) is 0 Å². The Labute approximate surface area is 81.0 Å². The molecule has 0 saturated heterocycles. The molecule has 0 fully saturated rings. The fourth-order valence-electron chi connectivity index (χ4n) is 0.589.